The fraction of sp³-hybridized carbons (Fsp3) is 0.200. The fourth-order valence-electron chi connectivity index (χ4n) is 1.72. The molecule has 1 amide bonds. The minimum absolute atomic E-state index is 0.0515. The Bertz CT molecular complexity index is 739. The first-order chi connectivity index (χ1) is 11.5. The maximum Gasteiger partial charge on any atom is 0.269 e. The zero-order chi connectivity index (χ0) is 17.5. The number of hydrogen-bond donors (Lipinski definition) is 1. The highest BCUT2D eigenvalue weighted by molar-refractivity contribution is 9.10. The number of carbonyl (C=O) groups excluding carboxylic acids is 1. The molecule has 0 aliphatic rings. The average Bonchev–Trinajstić information content (AvgIpc) is 2.86. The molecule has 126 valence electrons. The van der Waals surface area contributed by atoms with Gasteiger partial charge < -0.3 is 4.42 Å². The van der Waals surface area contributed by atoms with E-state index < -0.39 is 4.92 Å². The summed E-state index contributed by atoms with van der Waals surface area (Å²) in [6.07, 6.45) is 1.43. The lowest BCUT2D eigenvalue weighted by molar-refractivity contribution is -0.384. The maximum absolute atomic E-state index is 11.7. The molecule has 2 aromatic rings. The van der Waals surface area contributed by atoms with Crippen LogP contribution in [0.3, 0.4) is 0 Å². The van der Waals surface area contributed by atoms with Crippen LogP contribution < -0.4 is 5.43 Å². The number of non-ortho nitro benzene ring substituents is 1. The van der Waals surface area contributed by atoms with Crippen LogP contribution >= 0.6 is 27.7 Å². The minimum atomic E-state index is -0.443. The summed E-state index contributed by atoms with van der Waals surface area (Å²) in [6.45, 7) is 1.81. The van der Waals surface area contributed by atoms with Crippen molar-refractivity contribution in [3.63, 3.8) is 0 Å². The van der Waals surface area contributed by atoms with E-state index in [9.17, 15) is 14.9 Å². The Labute approximate surface area is 150 Å². The highest BCUT2D eigenvalue weighted by atomic mass is 79.9. The van der Waals surface area contributed by atoms with Crippen LogP contribution in [0.15, 0.2) is 44.3 Å². The van der Waals surface area contributed by atoms with Crippen LogP contribution in [0.25, 0.3) is 0 Å². The van der Waals surface area contributed by atoms with Gasteiger partial charge in [-0.3, -0.25) is 14.9 Å². The SMILES string of the molecule is Cc1oc(/C=N\NC(=O)CSCc2ccc([N+](=O)[O-])cc2)cc1Br. The number of hydrogen-bond acceptors (Lipinski definition) is 6. The molecule has 1 heterocycles. The van der Waals surface area contributed by atoms with Gasteiger partial charge in [0, 0.05) is 24.0 Å². The third kappa shape index (κ3) is 5.50. The van der Waals surface area contributed by atoms with Crippen molar-refractivity contribution >= 4 is 45.5 Å². The molecule has 0 unspecified atom stereocenters. The highest BCUT2D eigenvalue weighted by Crippen LogP contribution is 2.19. The number of nitro groups is 1. The zero-order valence-corrected chi connectivity index (χ0v) is 15.1. The van der Waals surface area contributed by atoms with E-state index >= 15 is 0 Å². The molecule has 0 fully saturated rings. The molecule has 0 aliphatic carbocycles. The Balaban J connectivity index is 1.72. The smallest absolute Gasteiger partial charge is 0.269 e. The number of furan rings is 1. The standard InChI is InChI=1S/C15H14BrN3O4S/c1-10-14(16)6-13(23-10)7-17-18-15(20)9-24-8-11-2-4-12(5-3-11)19(21)22/h2-7H,8-9H2,1H3,(H,18,20)/b17-7-. The van der Waals surface area contributed by atoms with Crippen molar-refractivity contribution in [3.8, 4) is 0 Å². The minimum Gasteiger partial charge on any atom is -0.459 e. The monoisotopic (exact) mass is 411 g/mol. The van der Waals surface area contributed by atoms with Crippen molar-refractivity contribution in [1.82, 2.24) is 5.43 Å². The van der Waals surface area contributed by atoms with E-state index in [0.717, 1.165) is 15.8 Å². The second-order valence-corrected chi connectivity index (χ2v) is 6.60. The van der Waals surface area contributed by atoms with Gasteiger partial charge >= 0.3 is 0 Å². The third-order valence-corrected chi connectivity index (χ3v) is 4.70. The number of thioether (sulfide) groups is 1. The number of hydrazone groups is 1. The van der Waals surface area contributed by atoms with Gasteiger partial charge in [-0.15, -0.1) is 11.8 Å². The second kappa shape index (κ2) is 8.65. The molecule has 0 radical (unpaired) electrons. The van der Waals surface area contributed by atoms with Crippen molar-refractivity contribution in [2.45, 2.75) is 12.7 Å². The fourth-order valence-corrected chi connectivity index (χ4v) is 2.81. The second-order valence-electron chi connectivity index (χ2n) is 4.76. The molecular weight excluding hydrogens is 398 g/mol. The number of aryl methyl sites for hydroxylation is 1. The topological polar surface area (TPSA) is 97.7 Å². The molecule has 0 atom stereocenters. The number of carbonyl (C=O) groups is 1. The Morgan fingerprint density at radius 3 is 2.75 bits per heavy atom. The summed E-state index contributed by atoms with van der Waals surface area (Å²) in [6, 6.07) is 8.01. The lowest BCUT2D eigenvalue weighted by Crippen LogP contribution is -2.19. The molecule has 0 saturated carbocycles. The molecular formula is C15H14BrN3O4S. The van der Waals surface area contributed by atoms with Crippen molar-refractivity contribution in [2.24, 2.45) is 5.10 Å². The quantitative estimate of drug-likeness (QED) is 0.425. The van der Waals surface area contributed by atoms with Gasteiger partial charge in [-0.05, 0) is 28.4 Å². The van der Waals surface area contributed by atoms with E-state index in [4.69, 9.17) is 4.42 Å². The number of nitrogens with zero attached hydrogens (tertiary/aromatic N) is 2. The van der Waals surface area contributed by atoms with Crippen LogP contribution in [0.2, 0.25) is 0 Å². The maximum atomic E-state index is 11.7. The number of benzene rings is 1. The van der Waals surface area contributed by atoms with E-state index in [2.05, 4.69) is 26.5 Å². The van der Waals surface area contributed by atoms with Crippen LogP contribution in [0.4, 0.5) is 5.69 Å². The van der Waals surface area contributed by atoms with E-state index in [-0.39, 0.29) is 17.3 Å². The molecule has 2 rings (SSSR count). The number of halogens is 1. The van der Waals surface area contributed by atoms with Crippen molar-refractivity contribution in [2.75, 3.05) is 5.75 Å². The summed E-state index contributed by atoms with van der Waals surface area (Å²) in [4.78, 5) is 21.8. The zero-order valence-electron chi connectivity index (χ0n) is 12.7. The van der Waals surface area contributed by atoms with E-state index in [0.29, 0.717) is 11.5 Å². The van der Waals surface area contributed by atoms with Gasteiger partial charge in [-0.2, -0.15) is 5.10 Å². The molecule has 1 aromatic carbocycles. The summed E-state index contributed by atoms with van der Waals surface area (Å²) in [7, 11) is 0. The first-order valence-electron chi connectivity index (χ1n) is 6.84. The van der Waals surface area contributed by atoms with Gasteiger partial charge in [0.1, 0.15) is 11.5 Å². The summed E-state index contributed by atoms with van der Waals surface area (Å²) in [5, 5.41) is 14.4. The summed E-state index contributed by atoms with van der Waals surface area (Å²) in [5.41, 5.74) is 3.38. The first kappa shape index (κ1) is 18.2. The number of nitrogens with one attached hydrogen (secondary N) is 1. The van der Waals surface area contributed by atoms with E-state index in [1.54, 1.807) is 18.2 Å². The highest BCUT2D eigenvalue weighted by Gasteiger charge is 2.05. The van der Waals surface area contributed by atoms with Crippen LogP contribution in [0.1, 0.15) is 17.1 Å². The molecule has 24 heavy (non-hydrogen) atoms. The summed E-state index contributed by atoms with van der Waals surface area (Å²) < 4.78 is 6.20. The lowest BCUT2D eigenvalue weighted by Gasteiger charge is -2.01. The molecule has 0 spiro atoms. The molecule has 1 aromatic heterocycles. The molecule has 0 aliphatic heterocycles. The van der Waals surface area contributed by atoms with Crippen molar-refractivity contribution in [3.05, 3.63) is 62.0 Å². The molecule has 1 N–H and O–H groups in total. The van der Waals surface area contributed by atoms with Gasteiger partial charge in [0.15, 0.2) is 0 Å². The largest absolute Gasteiger partial charge is 0.459 e. The molecule has 0 saturated heterocycles. The van der Waals surface area contributed by atoms with Gasteiger partial charge in [-0.1, -0.05) is 12.1 Å². The van der Waals surface area contributed by atoms with Crippen molar-refractivity contribution in [1.29, 1.82) is 0 Å². The normalized spacial score (nSPS) is 10.9. The van der Waals surface area contributed by atoms with E-state index in [1.165, 1.54) is 30.1 Å². The summed E-state index contributed by atoms with van der Waals surface area (Å²) in [5.74, 6) is 1.86. The van der Waals surface area contributed by atoms with Gasteiger partial charge in [0.2, 0.25) is 5.91 Å². The Hall–Kier alpha value is -2.13. The summed E-state index contributed by atoms with van der Waals surface area (Å²) >= 11 is 4.72. The number of amides is 1. The molecule has 9 heteroatoms. The molecule has 0 bridgehead atoms. The Morgan fingerprint density at radius 2 is 2.17 bits per heavy atom. The van der Waals surface area contributed by atoms with Crippen LogP contribution in [0, 0.1) is 17.0 Å². The Kier molecular flexibility index (Phi) is 6.56. The predicted molar refractivity (Wildman–Crippen MR) is 96.1 cm³/mol. The molecule has 7 nitrogen and oxygen atoms in total. The predicted octanol–water partition coefficient (Wildman–Crippen LogP) is 3.64. The van der Waals surface area contributed by atoms with Gasteiger partial charge in [0.25, 0.3) is 5.69 Å². The van der Waals surface area contributed by atoms with Crippen molar-refractivity contribution < 1.29 is 14.1 Å². The Morgan fingerprint density at radius 1 is 1.46 bits per heavy atom. The number of nitro benzene ring substituents is 1. The third-order valence-electron chi connectivity index (χ3n) is 2.91. The average molecular weight is 412 g/mol. The van der Waals surface area contributed by atoms with Gasteiger partial charge in [-0.25, -0.2) is 5.43 Å². The van der Waals surface area contributed by atoms with E-state index in [1.807, 2.05) is 6.92 Å². The van der Waals surface area contributed by atoms with Crippen LogP contribution in [0.5, 0.6) is 0 Å². The lowest BCUT2D eigenvalue weighted by atomic mass is 10.2. The number of rotatable bonds is 7. The van der Waals surface area contributed by atoms with Crippen LogP contribution in [-0.2, 0) is 10.5 Å². The first-order valence-corrected chi connectivity index (χ1v) is 8.79. The van der Waals surface area contributed by atoms with Crippen LogP contribution in [-0.4, -0.2) is 22.8 Å². The van der Waals surface area contributed by atoms with Gasteiger partial charge in [0.05, 0.1) is 21.4 Å².